The van der Waals surface area contributed by atoms with E-state index in [1.165, 1.54) is 12.8 Å². The number of nitrogens with one attached hydrogen (secondary N) is 2. The molecule has 0 aliphatic heterocycles. The molecule has 0 heterocycles. The van der Waals surface area contributed by atoms with E-state index in [0.717, 1.165) is 32.6 Å². The summed E-state index contributed by atoms with van der Waals surface area (Å²) in [5.74, 6) is 0. The highest BCUT2D eigenvalue weighted by molar-refractivity contribution is 4.51. The third-order valence-electron chi connectivity index (χ3n) is 1.56. The SMILES string of the molecule is [CH2]CCNCCCCNCC. The van der Waals surface area contributed by atoms with E-state index in [1.54, 1.807) is 0 Å². The van der Waals surface area contributed by atoms with Crippen LogP contribution in [0, 0.1) is 6.92 Å². The minimum Gasteiger partial charge on any atom is -0.317 e. The fraction of sp³-hybridized carbons (Fsp3) is 0.889. The van der Waals surface area contributed by atoms with Gasteiger partial charge < -0.3 is 10.6 Å². The standard InChI is InChI=1S/C9H21N2/c1-3-7-11-9-6-5-8-10-4-2/h10-11H,1,3-9H2,2H3. The predicted molar refractivity (Wildman–Crippen MR) is 50.6 cm³/mol. The minimum absolute atomic E-state index is 0.993. The van der Waals surface area contributed by atoms with Crippen LogP contribution in [0.15, 0.2) is 0 Å². The first-order valence-electron chi connectivity index (χ1n) is 4.62. The number of rotatable bonds is 8. The van der Waals surface area contributed by atoms with E-state index < -0.39 is 0 Å². The fourth-order valence-electron chi connectivity index (χ4n) is 0.927. The van der Waals surface area contributed by atoms with Crippen LogP contribution < -0.4 is 10.6 Å². The van der Waals surface area contributed by atoms with Gasteiger partial charge in [-0.05, 0) is 45.4 Å². The lowest BCUT2D eigenvalue weighted by Crippen LogP contribution is -2.19. The molecule has 0 atom stereocenters. The lowest BCUT2D eigenvalue weighted by molar-refractivity contribution is 0.594. The molecule has 0 aromatic heterocycles. The second kappa shape index (κ2) is 9.92. The van der Waals surface area contributed by atoms with E-state index >= 15 is 0 Å². The van der Waals surface area contributed by atoms with Crippen molar-refractivity contribution in [2.45, 2.75) is 26.2 Å². The summed E-state index contributed by atoms with van der Waals surface area (Å²) in [5.41, 5.74) is 0. The zero-order valence-electron chi connectivity index (χ0n) is 7.66. The molecular formula is C9H21N2. The molecule has 0 aromatic rings. The molecule has 67 valence electrons. The van der Waals surface area contributed by atoms with Crippen LogP contribution in [0.1, 0.15) is 26.2 Å². The Kier molecular flexibility index (Phi) is 9.85. The molecule has 0 aliphatic rings. The maximum atomic E-state index is 3.76. The van der Waals surface area contributed by atoms with Crippen molar-refractivity contribution in [1.82, 2.24) is 10.6 Å². The van der Waals surface area contributed by atoms with E-state index in [2.05, 4.69) is 24.5 Å². The summed E-state index contributed by atoms with van der Waals surface area (Å²) in [4.78, 5) is 0. The van der Waals surface area contributed by atoms with Crippen LogP contribution in [0.3, 0.4) is 0 Å². The quantitative estimate of drug-likeness (QED) is 0.517. The van der Waals surface area contributed by atoms with Gasteiger partial charge in [0.05, 0.1) is 0 Å². The van der Waals surface area contributed by atoms with Gasteiger partial charge in [0.25, 0.3) is 0 Å². The average molecular weight is 157 g/mol. The molecule has 2 heteroatoms. The van der Waals surface area contributed by atoms with Crippen molar-refractivity contribution in [3.8, 4) is 0 Å². The number of unbranched alkanes of at least 4 members (excludes halogenated alkanes) is 1. The van der Waals surface area contributed by atoms with Crippen molar-refractivity contribution in [1.29, 1.82) is 0 Å². The van der Waals surface area contributed by atoms with Gasteiger partial charge in [-0.1, -0.05) is 13.8 Å². The largest absolute Gasteiger partial charge is 0.317 e. The van der Waals surface area contributed by atoms with Gasteiger partial charge in [-0.25, -0.2) is 0 Å². The summed E-state index contributed by atoms with van der Waals surface area (Å²) in [6.07, 6.45) is 3.54. The van der Waals surface area contributed by atoms with Crippen molar-refractivity contribution in [2.24, 2.45) is 0 Å². The van der Waals surface area contributed by atoms with E-state index in [4.69, 9.17) is 0 Å². The Bertz CT molecular complexity index is 56.6. The van der Waals surface area contributed by atoms with Gasteiger partial charge in [0.2, 0.25) is 0 Å². The third kappa shape index (κ3) is 9.92. The van der Waals surface area contributed by atoms with Gasteiger partial charge in [-0.15, -0.1) is 0 Å². The molecule has 0 rings (SSSR count). The van der Waals surface area contributed by atoms with E-state index in [1.807, 2.05) is 0 Å². The van der Waals surface area contributed by atoms with Crippen LogP contribution in [0.2, 0.25) is 0 Å². The molecule has 11 heavy (non-hydrogen) atoms. The molecule has 2 nitrogen and oxygen atoms in total. The smallest absolute Gasteiger partial charge is 0.00484 e. The van der Waals surface area contributed by atoms with Crippen LogP contribution in [-0.4, -0.2) is 26.2 Å². The molecule has 0 aliphatic carbocycles. The summed E-state index contributed by atoms with van der Waals surface area (Å²) in [6.45, 7) is 10.3. The van der Waals surface area contributed by atoms with Crippen molar-refractivity contribution in [2.75, 3.05) is 26.2 Å². The van der Waals surface area contributed by atoms with Gasteiger partial charge in [0.1, 0.15) is 0 Å². The monoisotopic (exact) mass is 157 g/mol. The molecule has 0 aromatic carbocycles. The molecule has 0 fully saturated rings. The van der Waals surface area contributed by atoms with E-state index in [0.29, 0.717) is 0 Å². The molecule has 0 amide bonds. The Morgan fingerprint density at radius 1 is 1.00 bits per heavy atom. The number of hydrogen-bond donors (Lipinski definition) is 2. The van der Waals surface area contributed by atoms with Gasteiger partial charge >= 0.3 is 0 Å². The summed E-state index contributed by atoms with van der Waals surface area (Å²) in [5, 5.41) is 6.62. The van der Waals surface area contributed by atoms with Crippen LogP contribution >= 0.6 is 0 Å². The van der Waals surface area contributed by atoms with Crippen molar-refractivity contribution >= 4 is 0 Å². The highest BCUT2D eigenvalue weighted by Crippen LogP contribution is 1.83. The normalized spacial score (nSPS) is 10.4. The molecule has 0 unspecified atom stereocenters. The van der Waals surface area contributed by atoms with Gasteiger partial charge in [0, 0.05) is 0 Å². The first-order chi connectivity index (χ1) is 5.41. The molecule has 0 bridgehead atoms. The van der Waals surface area contributed by atoms with Crippen LogP contribution in [0.5, 0.6) is 0 Å². The zero-order chi connectivity index (χ0) is 8.36. The summed E-state index contributed by atoms with van der Waals surface area (Å²) in [6, 6.07) is 0. The highest BCUT2D eigenvalue weighted by Gasteiger charge is 1.86. The maximum Gasteiger partial charge on any atom is -0.00484 e. The fourth-order valence-corrected chi connectivity index (χ4v) is 0.927. The van der Waals surface area contributed by atoms with E-state index in [-0.39, 0.29) is 0 Å². The van der Waals surface area contributed by atoms with Gasteiger partial charge in [0.15, 0.2) is 0 Å². The summed E-state index contributed by atoms with van der Waals surface area (Å²) >= 11 is 0. The van der Waals surface area contributed by atoms with Crippen molar-refractivity contribution < 1.29 is 0 Å². The zero-order valence-corrected chi connectivity index (χ0v) is 7.66. The van der Waals surface area contributed by atoms with Crippen molar-refractivity contribution in [3.05, 3.63) is 6.92 Å². The first kappa shape index (κ1) is 10.9. The first-order valence-corrected chi connectivity index (χ1v) is 4.62. The molecule has 0 saturated carbocycles. The average Bonchev–Trinajstić information content (AvgIpc) is 2.03. The summed E-state index contributed by atoms with van der Waals surface area (Å²) < 4.78 is 0. The maximum absolute atomic E-state index is 3.76. The van der Waals surface area contributed by atoms with Crippen LogP contribution in [-0.2, 0) is 0 Å². The Morgan fingerprint density at radius 2 is 1.64 bits per heavy atom. The Morgan fingerprint density at radius 3 is 2.18 bits per heavy atom. The Hall–Kier alpha value is -0.0800. The predicted octanol–water partition coefficient (Wildman–Crippen LogP) is 1.19. The molecular weight excluding hydrogens is 136 g/mol. The molecule has 0 saturated heterocycles. The minimum atomic E-state index is 0.993. The lowest BCUT2D eigenvalue weighted by Gasteiger charge is -2.02. The van der Waals surface area contributed by atoms with Crippen LogP contribution in [0.25, 0.3) is 0 Å². The highest BCUT2D eigenvalue weighted by atomic mass is 14.9. The number of hydrogen-bond acceptors (Lipinski definition) is 2. The molecule has 2 N–H and O–H groups in total. The molecule has 0 spiro atoms. The van der Waals surface area contributed by atoms with Crippen molar-refractivity contribution in [3.63, 3.8) is 0 Å². The Labute approximate surface area is 70.8 Å². The lowest BCUT2D eigenvalue weighted by atomic mass is 10.3. The molecule has 1 radical (unpaired) electrons. The van der Waals surface area contributed by atoms with Crippen LogP contribution in [0.4, 0.5) is 0 Å². The topological polar surface area (TPSA) is 24.1 Å². The summed E-state index contributed by atoms with van der Waals surface area (Å²) in [7, 11) is 0. The van der Waals surface area contributed by atoms with Gasteiger partial charge in [-0.2, -0.15) is 0 Å². The van der Waals surface area contributed by atoms with Gasteiger partial charge in [-0.3, -0.25) is 0 Å². The third-order valence-corrected chi connectivity index (χ3v) is 1.56. The Balaban J connectivity index is 2.69. The second-order valence-electron chi connectivity index (χ2n) is 2.66. The van der Waals surface area contributed by atoms with E-state index in [9.17, 15) is 0 Å². The second-order valence-corrected chi connectivity index (χ2v) is 2.66.